The van der Waals surface area contributed by atoms with Crippen molar-refractivity contribution in [3.63, 3.8) is 0 Å². The number of esters is 1. The molecule has 0 fully saturated rings. The number of tetrazole rings is 1. The summed E-state index contributed by atoms with van der Waals surface area (Å²) in [6.45, 7) is 2.01. The summed E-state index contributed by atoms with van der Waals surface area (Å²) in [6, 6.07) is 0. The maximum Gasteiger partial charge on any atom is 0.327 e. The minimum Gasteiger partial charge on any atom is -0.468 e. The molecular weight excluding hydrogens is 284 g/mol. The quantitative estimate of drug-likeness (QED) is 0.532. The first kappa shape index (κ1) is 14.4. The van der Waals surface area contributed by atoms with Crippen LogP contribution in [-0.2, 0) is 28.2 Å². The minimum atomic E-state index is -0.413. The monoisotopic (exact) mass is 298 g/mol. The van der Waals surface area contributed by atoms with Gasteiger partial charge in [-0.25, -0.2) is 4.68 Å². The molecule has 0 amide bonds. The van der Waals surface area contributed by atoms with Gasteiger partial charge in [-0.3, -0.25) is 4.79 Å². The van der Waals surface area contributed by atoms with E-state index in [1.54, 1.807) is 0 Å². The van der Waals surface area contributed by atoms with Crippen molar-refractivity contribution in [2.45, 2.75) is 37.2 Å². The second-order valence-electron chi connectivity index (χ2n) is 3.84. The van der Waals surface area contributed by atoms with E-state index in [2.05, 4.69) is 30.4 Å². The van der Waals surface area contributed by atoms with Crippen LogP contribution in [0.5, 0.6) is 0 Å². The Morgan fingerprint density at radius 3 is 3.10 bits per heavy atom. The fourth-order valence-electron chi connectivity index (χ4n) is 1.38. The molecule has 0 aliphatic heterocycles. The van der Waals surface area contributed by atoms with Crippen LogP contribution in [0.3, 0.4) is 0 Å². The van der Waals surface area contributed by atoms with Gasteiger partial charge in [-0.2, -0.15) is 4.98 Å². The van der Waals surface area contributed by atoms with Crippen molar-refractivity contribution in [3.8, 4) is 0 Å². The zero-order chi connectivity index (χ0) is 14.4. The van der Waals surface area contributed by atoms with Gasteiger partial charge in [0, 0.05) is 6.42 Å². The predicted molar refractivity (Wildman–Crippen MR) is 67.7 cm³/mol. The van der Waals surface area contributed by atoms with Gasteiger partial charge >= 0.3 is 5.97 Å². The number of hydrogen-bond acceptors (Lipinski definition) is 9. The van der Waals surface area contributed by atoms with Gasteiger partial charge < -0.3 is 9.26 Å². The summed E-state index contributed by atoms with van der Waals surface area (Å²) >= 11 is 1.32. The van der Waals surface area contributed by atoms with Crippen molar-refractivity contribution in [2.75, 3.05) is 7.11 Å². The summed E-state index contributed by atoms with van der Waals surface area (Å²) in [5.41, 5.74) is 0. The predicted octanol–water partition coefficient (Wildman–Crippen LogP) is 0.474. The molecule has 108 valence electrons. The van der Waals surface area contributed by atoms with E-state index in [9.17, 15) is 4.79 Å². The van der Waals surface area contributed by atoms with Crippen molar-refractivity contribution < 1.29 is 14.1 Å². The molecule has 9 nitrogen and oxygen atoms in total. The Balaban J connectivity index is 1.93. The Labute approximate surface area is 119 Å². The highest BCUT2D eigenvalue weighted by Gasteiger charge is 2.13. The molecule has 0 bridgehead atoms. The molecule has 0 saturated heterocycles. The first-order chi connectivity index (χ1) is 9.72. The average Bonchev–Trinajstić information content (AvgIpc) is 3.06. The summed E-state index contributed by atoms with van der Waals surface area (Å²) in [7, 11) is 1.31. The third-order valence-corrected chi connectivity index (χ3v) is 3.26. The molecule has 0 N–H and O–H groups in total. The zero-order valence-corrected chi connectivity index (χ0v) is 12.0. The normalized spacial score (nSPS) is 10.7. The second-order valence-corrected chi connectivity index (χ2v) is 4.78. The lowest BCUT2D eigenvalue weighted by molar-refractivity contribution is -0.141. The fraction of sp³-hybridized carbons (Fsp3) is 0.600. The molecule has 0 spiro atoms. The van der Waals surface area contributed by atoms with Gasteiger partial charge in [0.25, 0.3) is 0 Å². The van der Waals surface area contributed by atoms with Gasteiger partial charge in [-0.1, -0.05) is 23.8 Å². The molecule has 0 saturated carbocycles. The molecule has 20 heavy (non-hydrogen) atoms. The van der Waals surface area contributed by atoms with Crippen molar-refractivity contribution in [3.05, 3.63) is 11.7 Å². The number of aromatic nitrogens is 6. The van der Waals surface area contributed by atoms with Crippen LogP contribution in [0.15, 0.2) is 9.68 Å². The number of aryl methyl sites for hydroxylation is 1. The van der Waals surface area contributed by atoms with Crippen LogP contribution in [-0.4, -0.2) is 43.4 Å². The topological polar surface area (TPSA) is 109 Å². The molecule has 0 radical (unpaired) electrons. The van der Waals surface area contributed by atoms with Crippen LogP contribution in [0, 0.1) is 0 Å². The third-order valence-electron chi connectivity index (χ3n) is 2.31. The molecule has 0 unspecified atom stereocenters. The molecule has 2 aromatic rings. The molecule has 2 rings (SSSR count). The smallest absolute Gasteiger partial charge is 0.327 e. The van der Waals surface area contributed by atoms with Gasteiger partial charge in [0.15, 0.2) is 5.82 Å². The standard InChI is InChI=1S/C10H14N6O3S/c1-3-4-8-11-7(13-19-8)6-20-10-12-14-15-16(10)5-9(17)18-2/h3-6H2,1-2H3. The number of rotatable bonds is 7. The highest BCUT2D eigenvalue weighted by Crippen LogP contribution is 2.18. The first-order valence-electron chi connectivity index (χ1n) is 6.00. The highest BCUT2D eigenvalue weighted by molar-refractivity contribution is 7.98. The Morgan fingerprint density at radius 2 is 2.35 bits per heavy atom. The lowest BCUT2D eigenvalue weighted by Gasteiger charge is -2.01. The van der Waals surface area contributed by atoms with Crippen molar-refractivity contribution in [2.24, 2.45) is 0 Å². The van der Waals surface area contributed by atoms with Crippen LogP contribution in [0.4, 0.5) is 0 Å². The molecule has 0 aliphatic carbocycles. The SMILES string of the molecule is CCCc1nc(CSc2nnnn2CC(=O)OC)no1. The molecular formula is C10H14N6O3S. The molecule has 0 aliphatic rings. The first-order valence-corrected chi connectivity index (χ1v) is 6.98. The van der Waals surface area contributed by atoms with Gasteiger partial charge in [0.05, 0.1) is 12.9 Å². The van der Waals surface area contributed by atoms with E-state index >= 15 is 0 Å². The third kappa shape index (κ3) is 3.76. The Kier molecular flexibility index (Phi) is 5.04. The molecule has 0 atom stereocenters. The van der Waals surface area contributed by atoms with E-state index in [0.717, 1.165) is 12.8 Å². The van der Waals surface area contributed by atoms with Crippen LogP contribution >= 0.6 is 11.8 Å². The number of nitrogens with zero attached hydrogens (tertiary/aromatic N) is 6. The van der Waals surface area contributed by atoms with Crippen molar-refractivity contribution >= 4 is 17.7 Å². The second kappa shape index (κ2) is 6.98. The van der Waals surface area contributed by atoms with Crippen molar-refractivity contribution in [1.29, 1.82) is 0 Å². The average molecular weight is 298 g/mol. The summed E-state index contributed by atoms with van der Waals surface area (Å²) < 4.78 is 11.0. The summed E-state index contributed by atoms with van der Waals surface area (Å²) in [6.07, 6.45) is 1.71. The van der Waals surface area contributed by atoms with E-state index in [4.69, 9.17) is 4.52 Å². The van der Waals surface area contributed by atoms with Gasteiger partial charge in [0.2, 0.25) is 11.0 Å². The summed E-state index contributed by atoms with van der Waals surface area (Å²) in [4.78, 5) is 15.4. The van der Waals surface area contributed by atoms with Crippen LogP contribution in [0.25, 0.3) is 0 Å². The summed E-state index contributed by atoms with van der Waals surface area (Å²) in [5.74, 6) is 1.25. The zero-order valence-electron chi connectivity index (χ0n) is 11.1. The van der Waals surface area contributed by atoms with E-state index in [1.165, 1.54) is 23.6 Å². The fourth-order valence-corrected chi connectivity index (χ4v) is 2.10. The molecule has 2 aromatic heterocycles. The number of methoxy groups -OCH3 is 1. The Hall–Kier alpha value is -1.97. The molecule has 2 heterocycles. The number of thioether (sulfide) groups is 1. The maximum atomic E-state index is 11.2. The number of hydrogen-bond donors (Lipinski definition) is 0. The van der Waals surface area contributed by atoms with E-state index in [1.807, 2.05) is 6.92 Å². The lowest BCUT2D eigenvalue weighted by Crippen LogP contribution is -2.13. The van der Waals surface area contributed by atoms with E-state index in [0.29, 0.717) is 22.6 Å². The number of ether oxygens (including phenoxy) is 1. The largest absolute Gasteiger partial charge is 0.468 e. The van der Waals surface area contributed by atoms with Gasteiger partial charge in [0.1, 0.15) is 6.54 Å². The van der Waals surface area contributed by atoms with E-state index in [-0.39, 0.29) is 6.54 Å². The maximum absolute atomic E-state index is 11.2. The molecule has 10 heteroatoms. The number of carbonyl (C=O) groups excluding carboxylic acids is 1. The van der Waals surface area contributed by atoms with Crippen LogP contribution < -0.4 is 0 Å². The molecule has 0 aromatic carbocycles. The van der Waals surface area contributed by atoms with Crippen LogP contribution in [0.2, 0.25) is 0 Å². The van der Waals surface area contributed by atoms with Gasteiger partial charge in [-0.05, 0) is 16.8 Å². The Morgan fingerprint density at radius 1 is 1.50 bits per heavy atom. The minimum absolute atomic E-state index is 0.0286. The van der Waals surface area contributed by atoms with Crippen LogP contribution in [0.1, 0.15) is 25.1 Å². The number of carbonyl (C=O) groups is 1. The van der Waals surface area contributed by atoms with Crippen molar-refractivity contribution in [1.82, 2.24) is 30.3 Å². The summed E-state index contributed by atoms with van der Waals surface area (Å²) in [5, 5.41) is 15.4. The lowest BCUT2D eigenvalue weighted by atomic mass is 10.3. The van der Waals surface area contributed by atoms with E-state index < -0.39 is 5.97 Å². The highest BCUT2D eigenvalue weighted by atomic mass is 32.2. The van der Waals surface area contributed by atoms with Gasteiger partial charge in [-0.15, -0.1) is 5.10 Å². The Bertz CT molecular complexity index is 569.